The predicted octanol–water partition coefficient (Wildman–Crippen LogP) is 3.62. The average molecular weight is 388 g/mol. The van der Waals surface area contributed by atoms with Gasteiger partial charge in [-0.3, -0.25) is 9.59 Å². The fraction of sp³-hybridized carbons (Fsp3) is 0.350. The summed E-state index contributed by atoms with van der Waals surface area (Å²) in [6, 6.07) is 11.1. The van der Waals surface area contributed by atoms with Gasteiger partial charge < -0.3 is 15.4 Å². The van der Waals surface area contributed by atoms with Crippen LogP contribution in [0, 0.1) is 0 Å². The molecule has 1 heterocycles. The number of thioether (sulfide) groups is 1. The molecule has 1 unspecified atom stereocenters. The minimum absolute atomic E-state index is 0.0477. The van der Waals surface area contributed by atoms with Crippen molar-refractivity contribution in [3.8, 4) is 5.88 Å². The number of anilines is 1. The van der Waals surface area contributed by atoms with Crippen LogP contribution in [0.5, 0.6) is 5.88 Å². The van der Waals surface area contributed by atoms with E-state index >= 15 is 0 Å². The number of amides is 2. The molecule has 0 saturated heterocycles. The zero-order valence-corrected chi connectivity index (χ0v) is 16.8. The second kappa shape index (κ2) is 9.97. The molecule has 2 rings (SSSR count). The number of nitrogens with one attached hydrogen (secondary N) is 2. The Labute approximate surface area is 164 Å². The second-order valence-electron chi connectivity index (χ2n) is 6.35. The van der Waals surface area contributed by atoms with Crippen molar-refractivity contribution in [2.24, 2.45) is 0 Å². The van der Waals surface area contributed by atoms with Gasteiger partial charge >= 0.3 is 0 Å². The molecule has 144 valence electrons. The molecule has 0 fully saturated rings. The molecular formula is C20H25N3O3S. The number of pyridine rings is 1. The largest absolute Gasteiger partial charge is 0.475 e. The van der Waals surface area contributed by atoms with Crippen molar-refractivity contribution < 1.29 is 14.3 Å². The highest BCUT2D eigenvalue weighted by molar-refractivity contribution is 8.00. The number of ether oxygens (including phenoxy) is 1. The van der Waals surface area contributed by atoms with Gasteiger partial charge in [-0.2, -0.15) is 0 Å². The van der Waals surface area contributed by atoms with Crippen LogP contribution >= 0.6 is 11.8 Å². The molecule has 0 radical (unpaired) electrons. The Bertz CT molecular complexity index is 761. The first-order valence-corrected chi connectivity index (χ1v) is 9.65. The quantitative estimate of drug-likeness (QED) is 0.676. The molecule has 7 heteroatoms. The van der Waals surface area contributed by atoms with Crippen molar-refractivity contribution in [1.29, 1.82) is 0 Å². The van der Waals surface area contributed by atoms with Crippen LogP contribution in [0.15, 0.2) is 47.5 Å². The Morgan fingerprint density at radius 1 is 1.11 bits per heavy atom. The van der Waals surface area contributed by atoms with Gasteiger partial charge in [-0.25, -0.2) is 4.98 Å². The van der Waals surface area contributed by atoms with E-state index in [-0.39, 0.29) is 23.2 Å². The van der Waals surface area contributed by atoms with Crippen LogP contribution in [0.2, 0.25) is 0 Å². The molecule has 2 amide bonds. The van der Waals surface area contributed by atoms with E-state index in [9.17, 15) is 9.59 Å². The average Bonchev–Trinajstić information content (AvgIpc) is 2.61. The lowest BCUT2D eigenvalue weighted by atomic mass is 10.3. The maximum atomic E-state index is 12.3. The minimum atomic E-state index is -0.242. The molecule has 0 saturated carbocycles. The summed E-state index contributed by atoms with van der Waals surface area (Å²) in [5.41, 5.74) is 1.65. The molecule has 2 aromatic rings. The number of carbonyl (C=O) groups is 2. The van der Waals surface area contributed by atoms with Gasteiger partial charge in [-0.05, 0) is 50.6 Å². The fourth-order valence-corrected chi connectivity index (χ4v) is 3.13. The van der Waals surface area contributed by atoms with E-state index in [0.29, 0.717) is 12.4 Å². The fourth-order valence-electron chi connectivity index (χ4n) is 2.24. The smallest absolute Gasteiger partial charge is 0.233 e. The lowest BCUT2D eigenvalue weighted by Crippen LogP contribution is -2.30. The Kier molecular flexibility index (Phi) is 7.67. The monoisotopic (exact) mass is 387 g/mol. The van der Waals surface area contributed by atoms with Crippen molar-refractivity contribution in [3.05, 3.63) is 48.2 Å². The molecule has 1 atom stereocenters. The molecular weight excluding hydrogens is 362 g/mol. The van der Waals surface area contributed by atoms with Crippen molar-refractivity contribution >= 4 is 29.3 Å². The van der Waals surface area contributed by atoms with Crippen LogP contribution in [-0.2, 0) is 16.1 Å². The van der Waals surface area contributed by atoms with Gasteiger partial charge in [0, 0.05) is 36.3 Å². The minimum Gasteiger partial charge on any atom is -0.475 e. The van der Waals surface area contributed by atoms with E-state index in [2.05, 4.69) is 15.6 Å². The highest BCUT2D eigenvalue weighted by Gasteiger charge is 2.14. The zero-order chi connectivity index (χ0) is 19.8. The molecule has 2 N–H and O–H groups in total. The number of nitrogens with zero attached hydrogens (tertiary/aromatic N) is 1. The highest BCUT2D eigenvalue weighted by atomic mass is 32.2. The van der Waals surface area contributed by atoms with E-state index in [0.717, 1.165) is 16.1 Å². The van der Waals surface area contributed by atoms with Gasteiger partial charge in [-0.1, -0.05) is 6.07 Å². The second-order valence-corrected chi connectivity index (χ2v) is 7.77. The van der Waals surface area contributed by atoms with Crippen LogP contribution in [-0.4, -0.2) is 28.2 Å². The van der Waals surface area contributed by atoms with E-state index in [1.54, 1.807) is 12.3 Å². The molecule has 0 aliphatic heterocycles. The Hall–Kier alpha value is -2.54. The summed E-state index contributed by atoms with van der Waals surface area (Å²) in [6.45, 7) is 7.64. The van der Waals surface area contributed by atoms with Gasteiger partial charge in [0.05, 0.1) is 11.4 Å². The Balaban J connectivity index is 1.82. The molecule has 6 nitrogen and oxygen atoms in total. The summed E-state index contributed by atoms with van der Waals surface area (Å²) in [6.07, 6.45) is 1.78. The normalized spacial score (nSPS) is 11.7. The van der Waals surface area contributed by atoms with Crippen molar-refractivity contribution in [2.45, 2.75) is 50.5 Å². The molecule has 0 bridgehead atoms. The van der Waals surface area contributed by atoms with Gasteiger partial charge in [0.15, 0.2) is 0 Å². The van der Waals surface area contributed by atoms with Gasteiger partial charge in [0.1, 0.15) is 0 Å². The number of benzene rings is 1. The molecule has 1 aromatic heterocycles. The number of rotatable bonds is 8. The first kappa shape index (κ1) is 20.8. The summed E-state index contributed by atoms with van der Waals surface area (Å²) < 4.78 is 5.50. The highest BCUT2D eigenvalue weighted by Crippen LogP contribution is 2.25. The van der Waals surface area contributed by atoms with Crippen LogP contribution in [0.3, 0.4) is 0 Å². The predicted molar refractivity (Wildman–Crippen MR) is 108 cm³/mol. The SMILES string of the molecule is CC(=O)Nc1ccc(SC(C)C(=O)NCc2ccc(OC(C)C)nc2)cc1. The standard InChI is InChI=1S/C20H25N3O3S/c1-13(2)26-19-10-5-16(11-21-19)12-22-20(25)14(3)27-18-8-6-17(7-9-18)23-15(4)24/h5-11,13-14H,12H2,1-4H3,(H,22,25)(H,23,24). The summed E-state index contributed by atoms with van der Waals surface area (Å²) in [5.74, 6) is 0.418. The molecule has 0 aliphatic carbocycles. The van der Waals surface area contributed by atoms with E-state index in [1.165, 1.54) is 18.7 Å². The van der Waals surface area contributed by atoms with Crippen LogP contribution < -0.4 is 15.4 Å². The molecule has 27 heavy (non-hydrogen) atoms. The Morgan fingerprint density at radius 2 is 1.81 bits per heavy atom. The number of carbonyl (C=O) groups excluding carboxylic acids is 2. The van der Waals surface area contributed by atoms with E-state index < -0.39 is 0 Å². The topological polar surface area (TPSA) is 80.3 Å². The van der Waals surface area contributed by atoms with Crippen molar-refractivity contribution in [2.75, 3.05) is 5.32 Å². The number of hydrogen-bond acceptors (Lipinski definition) is 5. The first-order valence-electron chi connectivity index (χ1n) is 8.77. The summed E-state index contributed by atoms with van der Waals surface area (Å²) in [5, 5.41) is 5.40. The van der Waals surface area contributed by atoms with E-state index in [1.807, 2.05) is 51.1 Å². The molecule has 0 aliphatic rings. The van der Waals surface area contributed by atoms with Crippen molar-refractivity contribution in [1.82, 2.24) is 10.3 Å². The number of hydrogen-bond donors (Lipinski definition) is 2. The zero-order valence-electron chi connectivity index (χ0n) is 16.0. The van der Waals surface area contributed by atoms with Crippen LogP contribution in [0.4, 0.5) is 5.69 Å². The third-order valence-electron chi connectivity index (χ3n) is 3.48. The van der Waals surface area contributed by atoms with Crippen LogP contribution in [0.25, 0.3) is 0 Å². The molecule has 0 spiro atoms. The summed E-state index contributed by atoms with van der Waals surface area (Å²) >= 11 is 1.46. The van der Waals surface area contributed by atoms with Gasteiger partial charge in [0.25, 0.3) is 0 Å². The summed E-state index contributed by atoms with van der Waals surface area (Å²) in [4.78, 5) is 28.5. The lowest BCUT2D eigenvalue weighted by molar-refractivity contribution is -0.120. The first-order chi connectivity index (χ1) is 12.8. The van der Waals surface area contributed by atoms with Gasteiger partial charge in [-0.15, -0.1) is 11.8 Å². The maximum absolute atomic E-state index is 12.3. The van der Waals surface area contributed by atoms with Crippen LogP contribution in [0.1, 0.15) is 33.3 Å². The van der Waals surface area contributed by atoms with E-state index in [4.69, 9.17) is 4.74 Å². The van der Waals surface area contributed by atoms with Crippen molar-refractivity contribution in [3.63, 3.8) is 0 Å². The molecule has 1 aromatic carbocycles. The Morgan fingerprint density at radius 3 is 2.37 bits per heavy atom. The summed E-state index contributed by atoms with van der Waals surface area (Å²) in [7, 11) is 0. The third kappa shape index (κ3) is 7.30. The number of aromatic nitrogens is 1. The maximum Gasteiger partial charge on any atom is 0.233 e. The lowest BCUT2D eigenvalue weighted by Gasteiger charge is -2.13. The third-order valence-corrected chi connectivity index (χ3v) is 4.59. The van der Waals surface area contributed by atoms with Gasteiger partial charge in [0.2, 0.25) is 17.7 Å².